The number of carbonyl (C=O) groups excluding carboxylic acids is 1. The highest BCUT2D eigenvalue weighted by atomic mass is 16.5. The molecule has 1 aliphatic rings. The highest BCUT2D eigenvalue weighted by Crippen LogP contribution is 2.11. The molecule has 0 aliphatic carbocycles. The molecule has 1 amide bonds. The van der Waals surface area contributed by atoms with Gasteiger partial charge in [0.2, 0.25) is 11.8 Å². The van der Waals surface area contributed by atoms with Crippen LogP contribution in [0.4, 0.5) is 0 Å². The van der Waals surface area contributed by atoms with Gasteiger partial charge in [-0.3, -0.25) is 4.79 Å². The Balaban J connectivity index is 2.02. The Labute approximate surface area is 99.4 Å². The van der Waals surface area contributed by atoms with Crippen molar-refractivity contribution in [2.24, 2.45) is 4.99 Å². The fourth-order valence-electron chi connectivity index (χ4n) is 1.51. The number of nitrogens with one attached hydrogen (secondary N) is 1. The summed E-state index contributed by atoms with van der Waals surface area (Å²) in [5.74, 6) is 0.334. The van der Waals surface area contributed by atoms with Crippen molar-refractivity contribution in [3.8, 4) is 0 Å². The van der Waals surface area contributed by atoms with Crippen LogP contribution in [0, 0.1) is 0 Å². The average Bonchev–Trinajstić information content (AvgIpc) is 2.86. The summed E-state index contributed by atoms with van der Waals surface area (Å²) < 4.78 is 10.2. The molecule has 0 aromatic heterocycles. The molecule has 1 N–H and O–H groups in total. The monoisotopic (exact) mass is 234 g/mol. The molecule has 0 radical (unpaired) electrons. The van der Waals surface area contributed by atoms with Gasteiger partial charge in [0, 0.05) is 12.7 Å². The average molecular weight is 234 g/mol. The lowest BCUT2D eigenvalue weighted by Crippen LogP contribution is -2.35. The van der Waals surface area contributed by atoms with E-state index in [2.05, 4.69) is 10.3 Å². The number of amides is 1. The lowest BCUT2D eigenvalue weighted by molar-refractivity contribution is -0.123. The van der Waals surface area contributed by atoms with Gasteiger partial charge in [-0.1, -0.05) is 18.2 Å². The van der Waals surface area contributed by atoms with E-state index in [9.17, 15) is 4.79 Å². The SMILES string of the molecule is COCNC(=O)C1COC(c2ccccc2)=N1. The zero-order valence-corrected chi connectivity index (χ0v) is 9.55. The van der Waals surface area contributed by atoms with Crippen molar-refractivity contribution < 1.29 is 14.3 Å². The van der Waals surface area contributed by atoms with Gasteiger partial charge in [0.15, 0.2) is 6.04 Å². The van der Waals surface area contributed by atoms with Crippen LogP contribution in [-0.4, -0.2) is 38.3 Å². The first-order valence-corrected chi connectivity index (χ1v) is 5.34. The number of methoxy groups -OCH3 is 1. The Bertz CT molecular complexity index is 417. The fraction of sp³-hybridized carbons (Fsp3) is 0.333. The maximum absolute atomic E-state index is 11.6. The summed E-state index contributed by atoms with van der Waals surface area (Å²) in [6, 6.07) is 9.03. The minimum Gasteiger partial charge on any atom is -0.475 e. The van der Waals surface area contributed by atoms with Crippen LogP contribution >= 0.6 is 0 Å². The van der Waals surface area contributed by atoms with E-state index in [1.54, 1.807) is 0 Å². The van der Waals surface area contributed by atoms with E-state index in [1.807, 2.05) is 30.3 Å². The molecule has 0 saturated heterocycles. The molecule has 1 aliphatic heterocycles. The van der Waals surface area contributed by atoms with Crippen LogP contribution in [0.25, 0.3) is 0 Å². The second-order valence-corrected chi connectivity index (χ2v) is 3.60. The maximum atomic E-state index is 11.6. The number of hydrogen-bond donors (Lipinski definition) is 1. The van der Waals surface area contributed by atoms with Crippen LogP contribution in [0.5, 0.6) is 0 Å². The van der Waals surface area contributed by atoms with Gasteiger partial charge in [0.1, 0.15) is 13.3 Å². The molecule has 2 rings (SSSR count). The molecule has 0 fully saturated rings. The molecule has 1 heterocycles. The van der Waals surface area contributed by atoms with Crippen LogP contribution in [0.1, 0.15) is 5.56 Å². The summed E-state index contributed by atoms with van der Waals surface area (Å²) in [5.41, 5.74) is 0.884. The van der Waals surface area contributed by atoms with E-state index < -0.39 is 6.04 Å². The van der Waals surface area contributed by atoms with Crippen LogP contribution in [-0.2, 0) is 14.3 Å². The first kappa shape index (κ1) is 11.6. The number of aliphatic imine (C=N–C) groups is 1. The molecular formula is C12H14N2O3. The van der Waals surface area contributed by atoms with Gasteiger partial charge < -0.3 is 14.8 Å². The van der Waals surface area contributed by atoms with E-state index in [0.29, 0.717) is 5.90 Å². The van der Waals surface area contributed by atoms with Crippen molar-refractivity contribution in [1.82, 2.24) is 5.32 Å². The summed E-state index contributed by atoms with van der Waals surface area (Å²) in [6.07, 6.45) is 0. The molecule has 5 heteroatoms. The van der Waals surface area contributed by atoms with Gasteiger partial charge >= 0.3 is 0 Å². The predicted molar refractivity (Wildman–Crippen MR) is 62.7 cm³/mol. The van der Waals surface area contributed by atoms with E-state index in [-0.39, 0.29) is 19.2 Å². The number of ether oxygens (including phenoxy) is 2. The smallest absolute Gasteiger partial charge is 0.250 e. The quantitative estimate of drug-likeness (QED) is 0.774. The zero-order chi connectivity index (χ0) is 12.1. The molecule has 1 unspecified atom stereocenters. The molecule has 1 aromatic rings. The van der Waals surface area contributed by atoms with E-state index >= 15 is 0 Å². The zero-order valence-electron chi connectivity index (χ0n) is 9.55. The summed E-state index contributed by atoms with van der Waals surface area (Å²) in [7, 11) is 1.52. The highest BCUT2D eigenvalue weighted by molar-refractivity contribution is 5.98. The number of rotatable bonds is 4. The summed E-state index contributed by atoms with van der Waals surface area (Å²) in [4.78, 5) is 15.8. The Morgan fingerprint density at radius 1 is 1.53 bits per heavy atom. The van der Waals surface area contributed by atoms with Crippen molar-refractivity contribution in [3.05, 3.63) is 35.9 Å². The molecular weight excluding hydrogens is 220 g/mol. The number of hydrogen-bond acceptors (Lipinski definition) is 4. The third-order valence-corrected chi connectivity index (χ3v) is 2.37. The second kappa shape index (κ2) is 5.45. The van der Waals surface area contributed by atoms with Gasteiger partial charge in [0.25, 0.3) is 0 Å². The summed E-state index contributed by atoms with van der Waals surface area (Å²) in [5, 5.41) is 2.60. The molecule has 1 atom stereocenters. The lowest BCUT2D eigenvalue weighted by atomic mass is 10.2. The molecule has 1 aromatic carbocycles. The Morgan fingerprint density at radius 2 is 2.29 bits per heavy atom. The molecule has 0 spiro atoms. The molecule has 0 saturated carbocycles. The first-order valence-electron chi connectivity index (χ1n) is 5.34. The second-order valence-electron chi connectivity index (χ2n) is 3.60. The number of carbonyl (C=O) groups is 1. The van der Waals surface area contributed by atoms with Gasteiger partial charge in [0.05, 0.1) is 0 Å². The van der Waals surface area contributed by atoms with E-state index in [1.165, 1.54) is 7.11 Å². The maximum Gasteiger partial charge on any atom is 0.250 e. The summed E-state index contributed by atoms with van der Waals surface area (Å²) in [6.45, 7) is 0.464. The van der Waals surface area contributed by atoms with Crippen LogP contribution in [0.2, 0.25) is 0 Å². The molecule has 0 bridgehead atoms. The Kier molecular flexibility index (Phi) is 3.72. The number of nitrogens with zero attached hydrogens (tertiary/aromatic N) is 1. The van der Waals surface area contributed by atoms with E-state index in [0.717, 1.165) is 5.56 Å². The van der Waals surface area contributed by atoms with Gasteiger partial charge in [-0.15, -0.1) is 0 Å². The molecule has 5 nitrogen and oxygen atoms in total. The topological polar surface area (TPSA) is 59.9 Å². The molecule has 17 heavy (non-hydrogen) atoms. The summed E-state index contributed by atoms with van der Waals surface area (Å²) >= 11 is 0. The predicted octanol–water partition coefficient (Wildman–Crippen LogP) is 0.552. The van der Waals surface area contributed by atoms with Gasteiger partial charge in [-0.25, -0.2) is 4.99 Å². The third-order valence-electron chi connectivity index (χ3n) is 2.37. The Morgan fingerprint density at radius 3 is 3.00 bits per heavy atom. The minimum atomic E-state index is -0.486. The molecule has 90 valence electrons. The van der Waals surface area contributed by atoms with Crippen LogP contribution in [0.15, 0.2) is 35.3 Å². The van der Waals surface area contributed by atoms with Crippen molar-refractivity contribution in [2.75, 3.05) is 20.4 Å². The van der Waals surface area contributed by atoms with Gasteiger partial charge in [-0.2, -0.15) is 0 Å². The lowest BCUT2D eigenvalue weighted by Gasteiger charge is -2.05. The van der Waals surface area contributed by atoms with Crippen molar-refractivity contribution in [3.63, 3.8) is 0 Å². The fourth-order valence-corrected chi connectivity index (χ4v) is 1.51. The number of benzene rings is 1. The largest absolute Gasteiger partial charge is 0.475 e. The van der Waals surface area contributed by atoms with Crippen LogP contribution < -0.4 is 5.32 Å². The van der Waals surface area contributed by atoms with Crippen molar-refractivity contribution in [2.45, 2.75) is 6.04 Å². The normalized spacial score (nSPS) is 18.4. The Hall–Kier alpha value is -1.88. The van der Waals surface area contributed by atoms with Crippen molar-refractivity contribution >= 4 is 11.8 Å². The van der Waals surface area contributed by atoms with Crippen LogP contribution in [0.3, 0.4) is 0 Å². The van der Waals surface area contributed by atoms with Gasteiger partial charge in [-0.05, 0) is 12.1 Å². The third kappa shape index (κ3) is 2.82. The first-order chi connectivity index (χ1) is 8.31. The van der Waals surface area contributed by atoms with E-state index in [4.69, 9.17) is 9.47 Å². The van der Waals surface area contributed by atoms with Crippen molar-refractivity contribution in [1.29, 1.82) is 0 Å². The minimum absolute atomic E-state index is 0.183. The highest BCUT2D eigenvalue weighted by Gasteiger charge is 2.25. The standard InChI is InChI=1S/C12H14N2O3/c1-16-8-13-11(15)10-7-17-12(14-10)9-5-3-2-4-6-9/h2-6,10H,7-8H2,1H3,(H,13,15).